The topological polar surface area (TPSA) is 84.2 Å². The average Bonchev–Trinajstić information content (AvgIpc) is 2.98. The molecule has 3 rings (SSSR count). The summed E-state index contributed by atoms with van der Waals surface area (Å²) in [4.78, 5) is 33.0. The number of carbonyl (C=O) groups is 2. The summed E-state index contributed by atoms with van der Waals surface area (Å²) in [5.41, 5.74) is 1.91. The number of nitrogens with zero attached hydrogens (tertiary/aromatic N) is 2. The van der Waals surface area contributed by atoms with Crippen LogP contribution in [-0.4, -0.2) is 61.0 Å². The fourth-order valence-corrected chi connectivity index (χ4v) is 3.74. The van der Waals surface area contributed by atoms with E-state index in [4.69, 9.17) is 4.74 Å². The van der Waals surface area contributed by atoms with Gasteiger partial charge in [0, 0.05) is 24.7 Å². The summed E-state index contributed by atoms with van der Waals surface area (Å²) in [6.45, 7) is 3.12. The van der Waals surface area contributed by atoms with Crippen molar-refractivity contribution in [2.75, 3.05) is 34.3 Å². The lowest BCUT2D eigenvalue weighted by molar-refractivity contribution is -0.858. The van der Waals surface area contributed by atoms with Crippen LogP contribution in [0.5, 0.6) is 5.75 Å². The number of hydrogen-bond acceptors (Lipinski definition) is 5. The van der Waals surface area contributed by atoms with E-state index in [1.807, 2.05) is 27.1 Å². The highest BCUT2D eigenvalue weighted by Gasteiger charge is 2.46. The predicted molar refractivity (Wildman–Crippen MR) is 113 cm³/mol. The summed E-state index contributed by atoms with van der Waals surface area (Å²) < 4.78 is 5.28. The number of aliphatic hydroxyl groups is 1. The maximum Gasteiger partial charge on any atom is 0.295 e. The molecular weight excluding hydrogens is 382 g/mol. The van der Waals surface area contributed by atoms with Crippen molar-refractivity contribution < 1.29 is 24.3 Å². The number of Topliss-reactive ketones (excluding diaryl/α,β-unsaturated/α-hetero) is 1. The number of carbonyl (C=O) groups excluding carboxylic acids is 2. The van der Waals surface area contributed by atoms with Crippen LogP contribution in [0.15, 0.2) is 48.2 Å². The number of ketones is 1. The lowest BCUT2D eigenvalue weighted by Crippen LogP contribution is -3.05. The molecule has 1 amide bonds. The van der Waals surface area contributed by atoms with Gasteiger partial charge >= 0.3 is 0 Å². The SMILES string of the molecule is COc1ccc(C(O)=C2C(=O)C(=O)N(CCC[NH+](C)C)[C@@H]2c2ccccn2)cc1C. The lowest BCUT2D eigenvalue weighted by atomic mass is 9.97. The first-order valence-corrected chi connectivity index (χ1v) is 9.98. The van der Waals surface area contributed by atoms with Gasteiger partial charge in [0.25, 0.3) is 11.7 Å². The second kappa shape index (κ2) is 9.09. The fourth-order valence-electron chi connectivity index (χ4n) is 3.74. The molecule has 1 aromatic carbocycles. The van der Waals surface area contributed by atoms with Crippen molar-refractivity contribution >= 4 is 17.4 Å². The summed E-state index contributed by atoms with van der Waals surface area (Å²) in [6, 6.07) is 9.79. The molecule has 0 spiro atoms. The Morgan fingerprint density at radius 1 is 1.23 bits per heavy atom. The molecule has 0 aliphatic carbocycles. The first-order chi connectivity index (χ1) is 14.3. The van der Waals surface area contributed by atoms with Crippen molar-refractivity contribution in [3.8, 4) is 5.75 Å². The molecule has 1 saturated heterocycles. The number of likely N-dealkylation sites (tertiary alicyclic amines) is 1. The Bertz CT molecular complexity index is 970. The van der Waals surface area contributed by atoms with Gasteiger partial charge in [0.2, 0.25) is 0 Å². The van der Waals surface area contributed by atoms with Crippen molar-refractivity contribution in [2.24, 2.45) is 0 Å². The second-order valence-corrected chi connectivity index (χ2v) is 7.74. The van der Waals surface area contributed by atoms with Gasteiger partial charge in [0.1, 0.15) is 17.6 Å². The van der Waals surface area contributed by atoms with E-state index < -0.39 is 17.7 Å². The van der Waals surface area contributed by atoms with Crippen LogP contribution in [0.25, 0.3) is 5.76 Å². The number of amides is 1. The van der Waals surface area contributed by atoms with E-state index in [0.29, 0.717) is 23.6 Å². The van der Waals surface area contributed by atoms with Gasteiger partial charge in [-0.25, -0.2) is 0 Å². The summed E-state index contributed by atoms with van der Waals surface area (Å²) in [7, 11) is 5.65. The van der Waals surface area contributed by atoms with Gasteiger partial charge in [-0.3, -0.25) is 14.6 Å². The van der Waals surface area contributed by atoms with Gasteiger partial charge in [-0.2, -0.15) is 0 Å². The molecular formula is C23H28N3O4+. The van der Waals surface area contributed by atoms with Crippen molar-refractivity contribution in [3.63, 3.8) is 0 Å². The van der Waals surface area contributed by atoms with E-state index >= 15 is 0 Å². The normalized spacial score (nSPS) is 18.3. The molecule has 1 aliphatic heterocycles. The quantitative estimate of drug-likeness (QED) is 0.409. The van der Waals surface area contributed by atoms with Crippen molar-refractivity contribution in [3.05, 3.63) is 65.0 Å². The number of aromatic nitrogens is 1. The van der Waals surface area contributed by atoms with Crippen LogP contribution in [0.1, 0.15) is 29.3 Å². The number of methoxy groups -OCH3 is 1. The smallest absolute Gasteiger partial charge is 0.295 e. The lowest BCUT2D eigenvalue weighted by Gasteiger charge is -2.24. The van der Waals surface area contributed by atoms with Crippen LogP contribution in [0.3, 0.4) is 0 Å². The molecule has 0 saturated carbocycles. The zero-order chi connectivity index (χ0) is 21.8. The Balaban J connectivity index is 2.08. The molecule has 7 nitrogen and oxygen atoms in total. The van der Waals surface area contributed by atoms with Gasteiger partial charge < -0.3 is 19.6 Å². The van der Waals surface area contributed by atoms with Crippen LogP contribution in [0.2, 0.25) is 0 Å². The second-order valence-electron chi connectivity index (χ2n) is 7.74. The Hall–Kier alpha value is -3.19. The number of benzene rings is 1. The van der Waals surface area contributed by atoms with Gasteiger partial charge in [-0.1, -0.05) is 6.07 Å². The molecule has 0 radical (unpaired) electrons. The molecule has 1 fully saturated rings. The van der Waals surface area contributed by atoms with Crippen LogP contribution < -0.4 is 9.64 Å². The van der Waals surface area contributed by atoms with Crippen molar-refractivity contribution in [1.82, 2.24) is 9.88 Å². The summed E-state index contributed by atoms with van der Waals surface area (Å²) in [5.74, 6) is -0.810. The first kappa shape index (κ1) is 21.5. The van der Waals surface area contributed by atoms with E-state index in [2.05, 4.69) is 4.98 Å². The number of pyridine rings is 1. The number of aliphatic hydroxyl groups excluding tert-OH is 1. The molecule has 2 N–H and O–H groups in total. The van der Waals surface area contributed by atoms with E-state index in [1.54, 1.807) is 43.6 Å². The minimum atomic E-state index is -0.717. The molecule has 0 bridgehead atoms. The number of ether oxygens (including phenoxy) is 1. The number of quaternary nitrogens is 1. The van der Waals surface area contributed by atoms with Crippen LogP contribution >= 0.6 is 0 Å². The number of nitrogens with one attached hydrogen (secondary N) is 1. The monoisotopic (exact) mass is 410 g/mol. The Morgan fingerprint density at radius 3 is 2.60 bits per heavy atom. The first-order valence-electron chi connectivity index (χ1n) is 9.98. The van der Waals surface area contributed by atoms with Crippen molar-refractivity contribution in [1.29, 1.82) is 0 Å². The molecule has 30 heavy (non-hydrogen) atoms. The molecule has 2 heterocycles. The standard InChI is InChI=1S/C23H27N3O4/c1-15-14-16(9-10-18(15)30-4)21(27)19-20(17-8-5-6-11-24-17)26(23(29)22(19)28)13-7-12-25(2)3/h5-6,8-11,14,20,27H,7,12-13H2,1-4H3/p+1/t20-/m1/s1. The highest BCUT2D eigenvalue weighted by atomic mass is 16.5. The Morgan fingerprint density at radius 2 is 2.00 bits per heavy atom. The summed E-state index contributed by atoms with van der Waals surface area (Å²) in [5, 5.41) is 11.1. The van der Waals surface area contributed by atoms with E-state index in [9.17, 15) is 14.7 Å². The third kappa shape index (κ3) is 4.21. The largest absolute Gasteiger partial charge is 0.507 e. The number of rotatable bonds is 7. The third-order valence-corrected chi connectivity index (χ3v) is 5.25. The van der Waals surface area contributed by atoms with E-state index in [-0.39, 0.29) is 11.3 Å². The third-order valence-electron chi connectivity index (χ3n) is 5.25. The van der Waals surface area contributed by atoms with Crippen LogP contribution in [0, 0.1) is 6.92 Å². The fraction of sp³-hybridized carbons (Fsp3) is 0.348. The van der Waals surface area contributed by atoms with Gasteiger partial charge in [-0.05, 0) is 42.8 Å². The molecule has 1 aliphatic rings. The molecule has 2 aromatic rings. The predicted octanol–water partition coefficient (Wildman–Crippen LogP) is 1.35. The van der Waals surface area contributed by atoms with Gasteiger partial charge in [0.05, 0.1) is 39.0 Å². The highest BCUT2D eigenvalue weighted by Crippen LogP contribution is 2.39. The maximum absolute atomic E-state index is 13.0. The molecule has 1 aromatic heterocycles. The average molecular weight is 410 g/mol. The Kier molecular flexibility index (Phi) is 6.52. The zero-order valence-corrected chi connectivity index (χ0v) is 17.8. The van der Waals surface area contributed by atoms with Crippen LogP contribution in [0.4, 0.5) is 0 Å². The van der Waals surface area contributed by atoms with E-state index in [0.717, 1.165) is 18.5 Å². The Labute approximate surface area is 176 Å². The van der Waals surface area contributed by atoms with Gasteiger partial charge in [-0.15, -0.1) is 0 Å². The zero-order valence-electron chi connectivity index (χ0n) is 17.8. The highest BCUT2D eigenvalue weighted by molar-refractivity contribution is 6.46. The minimum Gasteiger partial charge on any atom is -0.507 e. The van der Waals surface area contributed by atoms with Gasteiger partial charge in [0.15, 0.2) is 0 Å². The minimum absolute atomic E-state index is 0.0699. The van der Waals surface area contributed by atoms with Crippen molar-refractivity contribution in [2.45, 2.75) is 19.4 Å². The molecule has 158 valence electrons. The summed E-state index contributed by atoms with van der Waals surface area (Å²) >= 11 is 0. The molecule has 1 atom stereocenters. The maximum atomic E-state index is 13.0. The summed E-state index contributed by atoms with van der Waals surface area (Å²) in [6.07, 6.45) is 2.36. The molecule has 7 heteroatoms. The molecule has 0 unspecified atom stereocenters. The number of aryl methyl sites for hydroxylation is 1. The number of hydrogen-bond donors (Lipinski definition) is 2. The van der Waals surface area contributed by atoms with E-state index in [1.165, 1.54) is 9.80 Å². The van der Waals surface area contributed by atoms with Crippen LogP contribution in [-0.2, 0) is 9.59 Å².